The number of carbonyl (C=O) groups excluding carboxylic acids is 1. The summed E-state index contributed by atoms with van der Waals surface area (Å²) in [6.45, 7) is 4.99. The largest absolute Gasteiger partial charge is 0.392 e. The van der Waals surface area contributed by atoms with Crippen molar-refractivity contribution in [2.45, 2.75) is 39.8 Å². The van der Waals surface area contributed by atoms with E-state index in [0.29, 0.717) is 29.9 Å². The van der Waals surface area contributed by atoms with Crippen molar-refractivity contribution in [2.24, 2.45) is 0 Å². The zero-order chi connectivity index (χ0) is 20.1. The fourth-order valence-electron chi connectivity index (χ4n) is 3.31. The standard InChI is InChI=1S/C21H26N4O3/c1-3-5-11-23(4-2)18(27)14-24-12-13-25-20(21(24)28)17(15-26)19(22-25)16-9-7-6-8-10-16/h6-10,12-13,26H,3-5,11,14-15H2,1-2H3. The van der Waals surface area contributed by atoms with E-state index in [4.69, 9.17) is 0 Å². The summed E-state index contributed by atoms with van der Waals surface area (Å²) < 4.78 is 2.87. The summed E-state index contributed by atoms with van der Waals surface area (Å²) in [7, 11) is 0. The summed E-state index contributed by atoms with van der Waals surface area (Å²) in [5, 5.41) is 14.4. The first-order chi connectivity index (χ1) is 13.6. The average molecular weight is 382 g/mol. The lowest BCUT2D eigenvalue weighted by Gasteiger charge is -2.21. The van der Waals surface area contributed by atoms with E-state index < -0.39 is 0 Å². The fourth-order valence-corrected chi connectivity index (χ4v) is 3.31. The van der Waals surface area contributed by atoms with Gasteiger partial charge in [0.05, 0.1) is 12.3 Å². The Balaban J connectivity index is 1.99. The Hall–Kier alpha value is -2.93. The van der Waals surface area contributed by atoms with Crippen LogP contribution in [0.2, 0.25) is 0 Å². The van der Waals surface area contributed by atoms with Crippen LogP contribution in [0.25, 0.3) is 16.8 Å². The third-order valence-electron chi connectivity index (χ3n) is 4.89. The molecule has 2 aromatic heterocycles. The van der Waals surface area contributed by atoms with Crippen LogP contribution < -0.4 is 5.56 Å². The van der Waals surface area contributed by atoms with Crippen LogP contribution in [0, 0.1) is 0 Å². The van der Waals surface area contributed by atoms with Crippen LogP contribution in [-0.2, 0) is 17.9 Å². The number of amides is 1. The number of rotatable bonds is 8. The molecule has 2 heterocycles. The highest BCUT2D eigenvalue weighted by molar-refractivity contribution is 5.76. The van der Waals surface area contributed by atoms with Crippen molar-refractivity contribution in [3.63, 3.8) is 0 Å². The van der Waals surface area contributed by atoms with Crippen molar-refractivity contribution >= 4 is 11.4 Å². The highest BCUT2D eigenvalue weighted by Crippen LogP contribution is 2.24. The molecule has 3 rings (SSSR count). The van der Waals surface area contributed by atoms with Crippen molar-refractivity contribution in [2.75, 3.05) is 13.1 Å². The summed E-state index contributed by atoms with van der Waals surface area (Å²) in [4.78, 5) is 27.4. The summed E-state index contributed by atoms with van der Waals surface area (Å²) in [5.74, 6) is -0.0873. The Morgan fingerprint density at radius 2 is 1.93 bits per heavy atom. The Morgan fingerprint density at radius 1 is 1.18 bits per heavy atom. The fraction of sp³-hybridized carbons (Fsp3) is 0.381. The molecular formula is C21H26N4O3. The molecule has 7 heteroatoms. The monoisotopic (exact) mass is 382 g/mol. The molecule has 0 aliphatic carbocycles. The molecule has 1 amide bonds. The van der Waals surface area contributed by atoms with Crippen LogP contribution in [0.15, 0.2) is 47.5 Å². The summed E-state index contributed by atoms with van der Waals surface area (Å²) in [6.07, 6.45) is 5.17. The van der Waals surface area contributed by atoms with Gasteiger partial charge in [-0.3, -0.25) is 9.59 Å². The van der Waals surface area contributed by atoms with Crippen molar-refractivity contribution in [1.29, 1.82) is 0 Å². The lowest BCUT2D eigenvalue weighted by molar-refractivity contribution is -0.131. The first kappa shape index (κ1) is 19.8. The minimum absolute atomic E-state index is 0.0242. The molecule has 3 aromatic rings. The molecule has 0 radical (unpaired) electrons. The second-order valence-corrected chi connectivity index (χ2v) is 6.70. The van der Waals surface area contributed by atoms with E-state index in [-0.39, 0.29) is 24.6 Å². The minimum Gasteiger partial charge on any atom is -0.392 e. The van der Waals surface area contributed by atoms with Gasteiger partial charge in [-0.15, -0.1) is 0 Å². The number of carbonyl (C=O) groups is 1. The highest BCUT2D eigenvalue weighted by Gasteiger charge is 2.19. The second-order valence-electron chi connectivity index (χ2n) is 6.70. The number of fused-ring (bicyclic) bond motifs is 1. The first-order valence-corrected chi connectivity index (χ1v) is 9.65. The normalized spacial score (nSPS) is 11.1. The summed E-state index contributed by atoms with van der Waals surface area (Å²) in [6, 6.07) is 9.43. The van der Waals surface area contributed by atoms with E-state index in [1.807, 2.05) is 37.3 Å². The predicted octanol–water partition coefficient (Wildman–Crippen LogP) is 2.30. The molecule has 0 unspecified atom stereocenters. The quantitative estimate of drug-likeness (QED) is 0.648. The molecule has 0 saturated heterocycles. The number of aromatic nitrogens is 3. The van der Waals surface area contributed by atoms with E-state index in [9.17, 15) is 14.7 Å². The number of hydrogen-bond acceptors (Lipinski definition) is 4. The molecule has 7 nitrogen and oxygen atoms in total. The number of hydrogen-bond donors (Lipinski definition) is 1. The third-order valence-corrected chi connectivity index (χ3v) is 4.89. The molecule has 0 aliphatic rings. The van der Waals surface area contributed by atoms with Gasteiger partial charge in [0.15, 0.2) is 0 Å². The zero-order valence-electron chi connectivity index (χ0n) is 16.3. The highest BCUT2D eigenvalue weighted by atomic mass is 16.3. The van der Waals surface area contributed by atoms with Gasteiger partial charge in [0, 0.05) is 36.6 Å². The Labute approximate surface area is 163 Å². The van der Waals surface area contributed by atoms with Crippen molar-refractivity contribution < 1.29 is 9.90 Å². The molecule has 0 atom stereocenters. The Kier molecular flexibility index (Phi) is 6.26. The lowest BCUT2D eigenvalue weighted by atomic mass is 10.1. The summed E-state index contributed by atoms with van der Waals surface area (Å²) in [5.41, 5.74) is 1.84. The van der Waals surface area contributed by atoms with Gasteiger partial charge in [-0.05, 0) is 13.3 Å². The molecule has 0 fully saturated rings. The Bertz CT molecular complexity index is 1010. The van der Waals surface area contributed by atoms with Crippen molar-refractivity contribution in [3.05, 3.63) is 58.6 Å². The van der Waals surface area contributed by atoms with Crippen LogP contribution in [0.1, 0.15) is 32.3 Å². The predicted molar refractivity (Wildman–Crippen MR) is 108 cm³/mol. The maximum Gasteiger partial charge on any atom is 0.277 e. The van der Waals surface area contributed by atoms with E-state index in [1.165, 1.54) is 9.08 Å². The maximum atomic E-state index is 13.0. The number of likely N-dealkylation sites (N-methyl/N-ethyl adjacent to an activating group) is 1. The maximum absolute atomic E-state index is 13.0. The van der Waals surface area contributed by atoms with E-state index >= 15 is 0 Å². The van der Waals surface area contributed by atoms with Crippen molar-refractivity contribution in [3.8, 4) is 11.3 Å². The van der Waals surface area contributed by atoms with E-state index in [0.717, 1.165) is 18.4 Å². The van der Waals surface area contributed by atoms with Crippen molar-refractivity contribution in [1.82, 2.24) is 19.1 Å². The van der Waals surface area contributed by atoms with Crippen LogP contribution in [0.5, 0.6) is 0 Å². The van der Waals surface area contributed by atoms with Crippen LogP contribution in [0.3, 0.4) is 0 Å². The number of benzene rings is 1. The molecule has 0 spiro atoms. The second kappa shape index (κ2) is 8.84. The van der Waals surface area contributed by atoms with Gasteiger partial charge in [0.25, 0.3) is 5.56 Å². The van der Waals surface area contributed by atoms with Gasteiger partial charge in [-0.25, -0.2) is 4.52 Å². The van der Waals surface area contributed by atoms with E-state index in [2.05, 4.69) is 12.0 Å². The SMILES string of the molecule is CCCCN(CC)C(=O)Cn1ccn2nc(-c3ccccc3)c(CO)c2c1=O. The number of unbranched alkanes of at least 4 members (excludes halogenated alkanes) is 1. The number of aliphatic hydroxyl groups excluding tert-OH is 1. The Morgan fingerprint density at radius 3 is 2.57 bits per heavy atom. The number of nitrogens with zero attached hydrogens (tertiary/aromatic N) is 4. The topological polar surface area (TPSA) is 79.8 Å². The zero-order valence-corrected chi connectivity index (χ0v) is 16.3. The third kappa shape index (κ3) is 3.84. The van der Waals surface area contributed by atoms with Gasteiger partial charge in [0.1, 0.15) is 12.1 Å². The smallest absolute Gasteiger partial charge is 0.277 e. The average Bonchev–Trinajstić information content (AvgIpc) is 3.11. The van der Waals surface area contributed by atoms with Gasteiger partial charge in [-0.1, -0.05) is 43.7 Å². The number of aliphatic hydroxyl groups is 1. The molecule has 148 valence electrons. The van der Waals surface area contributed by atoms with E-state index in [1.54, 1.807) is 17.3 Å². The molecule has 1 aromatic carbocycles. The molecule has 1 N–H and O–H groups in total. The van der Waals surface area contributed by atoms with Gasteiger partial charge < -0.3 is 14.6 Å². The van der Waals surface area contributed by atoms with Gasteiger partial charge in [0.2, 0.25) is 5.91 Å². The van der Waals surface area contributed by atoms with Gasteiger partial charge >= 0.3 is 0 Å². The molecule has 0 bridgehead atoms. The molecule has 0 aliphatic heterocycles. The molecule has 28 heavy (non-hydrogen) atoms. The molecular weight excluding hydrogens is 356 g/mol. The lowest BCUT2D eigenvalue weighted by Crippen LogP contribution is -2.37. The first-order valence-electron chi connectivity index (χ1n) is 9.65. The van der Waals surface area contributed by atoms with Crippen LogP contribution in [0.4, 0.5) is 0 Å². The van der Waals surface area contributed by atoms with Crippen LogP contribution in [-0.4, -0.2) is 43.2 Å². The van der Waals surface area contributed by atoms with Crippen LogP contribution >= 0.6 is 0 Å². The minimum atomic E-state index is -0.332. The summed E-state index contributed by atoms with van der Waals surface area (Å²) >= 11 is 0. The molecule has 0 saturated carbocycles. The van der Waals surface area contributed by atoms with Gasteiger partial charge in [-0.2, -0.15) is 5.10 Å².